The number of rotatable bonds is 7. The largest absolute Gasteiger partial charge is 0.461 e. The Morgan fingerprint density at radius 1 is 1.32 bits per heavy atom. The third-order valence-corrected chi connectivity index (χ3v) is 4.26. The van der Waals surface area contributed by atoms with Crippen molar-refractivity contribution in [3.63, 3.8) is 0 Å². The summed E-state index contributed by atoms with van der Waals surface area (Å²) in [4.78, 5) is 29.4. The summed E-state index contributed by atoms with van der Waals surface area (Å²) in [6, 6.07) is 12.8. The zero-order chi connectivity index (χ0) is 19.8. The zero-order valence-electron chi connectivity index (χ0n) is 15.3. The van der Waals surface area contributed by atoms with E-state index in [-0.39, 0.29) is 12.5 Å². The summed E-state index contributed by atoms with van der Waals surface area (Å²) in [5.41, 5.74) is 2.16. The highest BCUT2D eigenvalue weighted by Crippen LogP contribution is 2.21. The molecule has 1 aromatic heterocycles. The smallest absolute Gasteiger partial charge is 0.330 e. The Labute approximate surface area is 163 Å². The van der Waals surface area contributed by atoms with Crippen LogP contribution in [0.5, 0.6) is 0 Å². The Balaban J connectivity index is 1.44. The highest BCUT2D eigenvalue weighted by Gasteiger charge is 2.21. The minimum Gasteiger partial charge on any atom is -0.461 e. The first kappa shape index (κ1) is 19.1. The molecule has 0 radical (unpaired) electrons. The predicted octanol–water partition coefficient (Wildman–Crippen LogP) is 2.75. The molecule has 142 valence electrons. The van der Waals surface area contributed by atoms with E-state index >= 15 is 0 Å². The lowest BCUT2D eigenvalue weighted by atomic mass is 10.2. The molecule has 1 amide bonds. The van der Waals surface area contributed by atoms with Gasteiger partial charge in [-0.05, 0) is 42.3 Å². The quantitative estimate of drug-likeness (QED) is 0.454. The van der Waals surface area contributed by atoms with Crippen LogP contribution in [-0.4, -0.2) is 36.6 Å². The van der Waals surface area contributed by atoms with Crippen molar-refractivity contribution in [3.8, 4) is 6.07 Å². The standard InChI is InChI=1S/C21H20N4O3/c22-15-17-3-1-11-23-21(17)24-12-14-28-20(27)10-7-16-5-8-18(9-6-16)25-13-2-4-19(25)26/h1,3,5-11H,2,4,12-14H2,(H,23,24). The highest BCUT2D eigenvalue weighted by molar-refractivity contribution is 5.95. The fourth-order valence-corrected chi connectivity index (χ4v) is 2.86. The van der Waals surface area contributed by atoms with Crippen molar-refractivity contribution in [1.29, 1.82) is 5.26 Å². The summed E-state index contributed by atoms with van der Waals surface area (Å²) >= 11 is 0. The van der Waals surface area contributed by atoms with Gasteiger partial charge in [-0.3, -0.25) is 4.79 Å². The van der Waals surface area contributed by atoms with Gasteiger partial charge in [0.15, 0.2) is 0 Å². The number of hydrogen-bond donors (Lipinski definition) is 1. The molecule has 1 fully saturated rings. The molecule has 1 saturated heterocycles. The molecule has 1 N–H and O–H groups in total. The molecule has 7 nitrogen and oxygen atoms in total. The molecule has 0 spiro atoms. The summed E-state index contributed by atoms with van der Waals surface area (Å²) in [5, 5.41) is 12.0. The molecule has 2 aromatic rings. The van der Waals surface area contributed by atoms with Crippen LogP contribution in [-0.2, 0) is 14.3 Å². The molecule has 0 saturated carbocycles. The molecule has 28 heavy (non-hydrogen) atoms. The van der Waals surface area contributed by atoms with Crippen LogP contribution in [0.25, 0.3) is 6.08 Å². The van der Waals surface area contributed by atoms with Gasteiger partial charge in [0.05, 0.1) is 12.1 Å². The number of amides is 1. The van der Waals surface area contributed by atoms with Crippen molar-refractivity contribution in [2.24, 2.45) is 0 Å². The fraction of sp³-hybridized carbons (Fsp3) is 0.238. The number of benzene rings is 1. The Morgan fingerprint density at radius 2 is 2.14 bits per heavy atom. The van der Waals surface area contributed by atoms with Crippen LogP contribution in [0.15, 0.2) is 48.7 Å². The summed E-state index contributed by atoms with van der Waals surface area (Å²) in [5.74, 6) is 0.156. The number of nitriles is 1. The van der Waals surface area contributed by atoms with Gasteiger partial charge in [0, 0.05) is 30.9 Å². The summed E-state index contributed by atoms with van der Waals surface area (Å²) in [7, 11) is 0. The second kappa shape index (κ2) is 9.33. The normalized spacial score (nSPS) is 13.5. The molecule has 1 aliphatic rings. The zero-order valence-corrected chi connectivity index (χ0v) is 15.3. The average Bonchev–Trinajstić information content (AvgIpc) is 3.16. The van der Waals surface area contributed by atoms with Crippen LogP contribution in [0, 0.1) is 11.3 Å². The maximum Gasteiger partial charge on any atom is 0.330 e. The highest BCUT2D eigenvalue weighted by atomic mass is 16.5. The van der Waals surface area contributed by atoms with E-state index in [2.05, 4.69) is 10.3 Å². The summed E-state index contributed by atoms with van der Waals surface area (Å²) in [6.07, 6.45) is 6.10. The number of anilines is 2. The number of esters is 1. The van der Waals surface area contributed by atoms with Crippen molar-refractivity contribution in [2.75, 3.05) is 29.9 Å². The summed E-state index contributed by atoms with van der Waals surface area (Å²) < 4.78 is 5.13. The van der Waals surface area contributed by atoms with E-state index in [9.17, 15) is 9.59 Å². The van der Waals surface area contributed by atoms with Gasteiger partial charge in [-0.2, -0.15) is 5.26 Å². The molecule has 0 atom stereocenters. The topological polar surface area (TPSA) is 95.3 Å². The van der Waals surface area contributed by atoms with E-state index in [1.54, 1.807) is 29.3 Å². The van der Waals surface area contributed by atoms with Crippen LogP contribution in [0.1, 0.15) is 24.0 Å². The number of aromatic nitrogens is 1. The van der Waals surface area contributed by atoms with E-state index in [0.29, 0.717) is 24.3 Å². The van der Waals surface area contributed by atoms with Crippen molar-refractivity contribution in [1.82, 2.24) is 4.98 Å². The molecule has 1 aromatic carbocycles. The van der Waals surface area contributed by atoms with Crippen molar-refractivity contribution < 1.29 is 14.3 Å². The van der Waals surface area contributed by atoms with Crippen LogP contribution in [0.3, 0.4) is 0 Å². The maximum absolute atomic E-state index is 11.8. The van der Waals surface area contributed by atoms with E-state index in [1.165, 1.54) is 6.08 Å². The monoisotopic (exact) mass is 376 g/mol. The van der Waals surface area contributed by atoms with Gasteiger partial charge < -0.3 is 15.0 Å². The van der Waals surface area contributed by atoms with Crippen LogP contribution in [0.2, 0.25) is 0 Å². The number of carbonyl (C=O) groups excluding carboxylic acids is 2. The van der Waals surface area contributed by atoms with Gasteiger partial charge in [-0.1, -0.05) is 12.1 Å². The number of hydrogen-bond acceptors (Lipinski definition) is 6. The van der Waals surface area contributed by atoms with E-state index in [4.69, 9.17) is 10.00 Å². The van der Waals surface area contributed by atoms with Gasteiger partial charge >= 0.3 is 5.97 Å². The fourth-order valence-electron chi connectivity index (χ4n) is 2.86. The molecule has 7 heteroatoms. The molecule has 0 unspecified atom stereocenters. The molecule has 2 heterocycles. The number of pyridine rings is 1. The lowest BCUT2D eigenvalue weighted by Crippen LogP contribution is -2.23. The molecular formula is C21H20N4O3. The van der Waals surface area contributed by atoms with Crippen molar-refractivity contribution in [3.05, 3.63) is 59.8 Å². The third-order valence-electron chi connectivity index (χ3n) is 4.26. The van der Waals surface area contributed by atoms with Gasteiger partial charge in [-0.15, -0.1) is 0 Å². The van der Waals surface area contributed by atoms with Crippen molar-refractivity contribution >= 4 is 29.5 Å². The number of carbonyl (C=O) groups is 2. The minimum atomic E-state index is -0.456. The Bertz CT molecular complexity index is 916. The van der Waals surface area contributed by atoms with E-state index in [0.717, 1.165) is 24.2 Å². The molecular weight excluding hydrogens is 356 g/mol. The number of nitrogens with zero attached hydrogens (tertiary/aromatic N) is 3. The molecule has 0 bridgehead atoms. The van der Waals surface area contributed by atoms with Crippen molar-refractivity contribution in [2.45, 2.75) is 12.8 Å². The average molecular weight is 376 g/mol. The number of nitrogens with one attached hydrogen (secondary N) is 1. The van der Waals surface area contributed by atoms with Gasteiger partial charge in [-0.25, -0.2) is 9.78 Å². The predicted molar refractivity (Wildman–Crippen MR) is 105 cm³/mol. The third kappa shape index (κ3) is 4.95. The van der Waals surface area contributed by atoms with E-state index in [1.807, 2.05) is 30.3 Å². The van der Waals surface area contributed by atoms with Gasteiger partial charge in [0.2, 0.25) is 5.91 Å². The maximum atomic E-state index is 11.8. The molecule has 1 aliphatic heterocycles. The Morgan fingerprint density at radius 3 is 2.86 bits per heavy atom. The minimum absolute atomic E-state index is 0.146. The first-order chi connectivity index (χ1) is 13.7. The lowest BCUT2D eigenvalue weighted by molar-refractivity contribution is -0.137. The Hall–Kier alpha value is -3.66. The van der Waals surface area contributed by atoms with Gasteiger partial charge in [0.1, 0.15) is 18.5 Å². The van der Waals surface area contributed by atoms with Crippen LogP contribution in [0.4, 0.5) is 11.5 Å². The molecule has 3 rings (SSSR count). The van der Waals surface area contributed by atoms with Crippen LogP contribution >= 0.6 is 0 Å². The second-order valence-electron chi connectivity index (χ2n) is 6.18. The lowest BCUT2D eigenvalue weighted by Gasteiger charge is -2.15. The second-order valence-corrected chi connectivity index (χ2v) is 6.18. The molecule has 0 aliphatic carbocycles. The Kier molecular flexibility index (Phi) is 6.37. The van der Waals surface area contributed by atoms with E-state index < -0.39 is 5.97 Å². The summed E-state index contributed by atoms with van der Waals surface area (Å²) in [6.45, 7) is 1.26. The SMILES string of the molecule is N#Cc1cccnc1NCCOC(=O)C=Cc1ccc(N2CCCC2=O)cc1. The first-order valence-corrected chi connectivity index (χ1v) is 9.01. The van der Waals surface area contributed by atoms with Crippen LogP contribution < -0.4 is 10.2 Å². The first-order valence-electron chi connectivity index (χ1n) is 9.01. The van der Waals surface area contributed by atoms with Gasteiger partial charge in [0.25, 0.3) is 0 Å². The number of ether oxygens (including phenoxy) is 1.